The third kappa shape index (κ3) is 4.49. The zero-order valence-electron chi connectivity index (χ0n) is 17.2. The van der Waals surface area contributed by atoms with Gasteiger partial charge < -0.3 is 9.47 Å². The van der Waals surface area contributed by atoms with Crippen molar-refractivity contribution < 1.29 is 26.3 Å². The first-order valence-electron chi connectivity index (χ1n) is 9.60. The molecule has 164 valence electrons. The molecule has 1 N–H and O–H groups in total. The minimum atomic E-state index is -3.95. The molecule has 0 bridgehead atoms. The number of hydrogen-bond acceptors (Lipinski definition) is 6. The van der Waals surface area contributed by atoms with Crippen molar-refractivity contribution in [2.45, 2.75) is 31.1 Å². The van der Waals surface area contributed by atoms with Crippen molar-refractivity contribution in [1.82, 2.24) is 0 Å². The molecule has 10 heteroatoms. The molecule has 0 saturated carbocycles. The van der Waals surface area contributed by atoms with Crippen LogP contribution in [-0.4, -0.2) is 43.4 Å². The molecule has 0 atom stereocenters. The zero-order valence-corrected chi connectivity index (χ0v) is 18.8. The average Bonchev–Trinajstić information content (AvgIpc) is 2.72. The third-order valence-corrected chi connectivity index (χ3v) is 8.24. The van der Waals surface area contributed by atoms with E-state index < -0.39 is 20.0 Å². The Balaban J connectivity index is 1.94. The van der Waals surface area contributed by atoms with Gasteiger partial charge in [0.25, 0.3) is 10.0 Å². The largest absolute Gasteiger partial charge is 0.497 e. The van der Waals surface area contributed by atoms with Crippen LogP contribution in [0.15, 0.2) is 41.3 Å². The van der Waals surface area contributed by atoms with Gasteiger partial charge >= 0.3 is 0 Å². The Morgan fingerprint density at radius 3 is 2.47 bits per heavy atom. The Kier molecular flexibility index (Phi) is 6.47. The molecule has 0 saturated heterocycles. The number of aryl methyl sites for hydroxylation is 1. The maximum Gasteiger partial charge on any atom is 0.265 e. The van der Waals surface area contributed by atoms with E-state index in [9.17, 15) is 16.8 Å². The number of rotatable bonds is 8. The lowest BCUT2D eigenvalue weighted by Crippen LogP contribution is -2.37. The fourth-order valence-electron chi connectivity index (χ4n) is 3.49. The van der Waals surface area contributed by atoms with Crippen LogP contribution >= 0.6 is 0 Å². The standard InChI is InChI=1S/C20H26N2O6S2/c1-4-12-29(23,24)22-11-5-6-15-13-16(7-9-18(15)22)21-30(25,26)20-14-17(27-2)8-10-19(20)28-3/h7-10,13-14,21H,4-6,11-12H2,1-3H3. The van der Waals surface area contributed by atoms with Crippen LogP contribution in [0.3, 0.4) is 0 Å². The van der Waals surface area contributed by atoms with Crippen molar-refractivity contribution in [3.8, 4) is 11.5 Å². The molecule has 1 aliphatic heterocycles. The van der Waals surface area contributed by atoms with E-state index in [-0.39, 0.29) is 16.4 Å². The zero-order chi connectivity index (χ0) is 21.9. The van der Waals surface area contributed by atoms with Crippen LogP contribution in [0.2, 0.25) is 0 Å². The first-order valence-corrected chi connectivity index (χ1v) is 12.7. The molecular formula is C20H26N2O6S2. The highest BCUT2D eigenvalue weighted by Crippen LogP contribution is 2.34. The van der Waals surface area contributed by atoms with E-state index in [0.29, 0.717) is 42.9 Å². The van der Waals surface area contributed by atoms with Crippen LogP contribution in [-0.2, 0) is 26.5 Å². The molecule has 0 amide bonds. The quantitative estimate of drug-likeness (QED) is 0.658. The van der Waals surface area contributed by atoms with Gasteiger partial charge in [-0.2, -0.15) is 0 Å². The summed E-state index contributed by atoms with van der Waals surface area (Å²) in [4.78, 5) is -0.0470. The van der Waals surface area contributed by atoms with Gasteiger partial charge in [-0.3, -0.25) is 9.03 Å². The molecular weight excluding hydrogens is 428 g/mol. The van der Waals surface area contributed by atoms with E-state index in [1.165, 1.54) is 30.7 Å². The molecule has 8 nitrogen and oxygen atoms in total. The number of fused-ring (bicyclic) bond motifs is 1. The summed E-state index contributed by atoms with van der Waals surface area (Å²) < 4.78 is 65.4. The van der Waals surface area contributed by atoms with Gasteiger partial charge in [-0.15, -0.1) is 0 Å². The second-order valence-corrected chi connectivity index (χ2v) is 10.6. The summed E-state index contributed by atoms with van der Waals surface area (Å²) >= 11 is 0. The van der Waals surface area contributed by atoms with Gasteiger partial charge in [-0.1, -0.05) is 6.92 Å². The van der Waals surface area contributed by atoms with Crippen molar-refractivity contribution in [2.75, 3.05) is 35.5 Å². The molecule has 2 aromatic carbocycles. The number of hydrogen-bond donors (Lipinski definition) is 1. The Morgan fingerprint density at radius 1 is 1.03 bits per heavy atom. The van der Waals surface area contributed by atoms with Crippen LogP contribution in [0.5, 0.6) is 11.5 Å². The van der Waals surface area contributed by atoms with Gasteiger partial charge in [-0.25, -0.2) is 16.8 Å². The van der Waals surface area contributed by atoms with Gasteiger partial charge in [-0.05, 0) is 55.2 Å². The predicted octanol–water partition coefficient (Wildman–Crippen LogP) is 3.00. The topological polar surface area (TPSA) is 102 Å². The molecule has 0 spiro atoms. The minimum absolute atomic E-state index is 0.0470. The van der Waals surface area contributed by atoms with Crippen molar-refractivity contribution in [2.24, 2.45) is 0 Å². The number of nitrogens with zero attached hydrogens (tertiary/aromatic N) is 1. The van der Waals surface area contributed by atoms with E-state index in [1.54, 1.807) is 24.3 Å². The maximum atomic E-state index is 13.0. The van der Waals surface area contributed by atoms with Gasteiger partial charge in [0.1, 0.15) is 16.4 Å². The number of sulfonamides is 2. The van der Waals surface area contributed by atoms with E-state index in [0.717, 1.165) is 5.56 Å². The number of benzene rings is 2. The second-order valence-electron chi connectivity index (χ2n) is 6.96. The van der Waals surface area contributed by atoms with Gasteiger partial charge in [0.05, 0.1) is 25.7 Å². The maximum absolute atomic E-state index is 13.0. The SMILES string of the molecule is CCCS(=O)(=O)N1CCCc2cc(NS(=O)(=O)c3cc(OC)ccc3OC)ccc21. The summed E-state index contributed by atoms with van der Waals surface area (Å²) in [5.74, 6) is 0.660. The predicted molar refractivity (Wildman–Crippen MR) is 117 cm³/mol. The molecule has 2 aromatic rings. The van der Waals surface area contributed by atoms with Crippen LogP contribution in [0.4, 0.5) is 11.4 Å². The molecule has 0 aromatic heterocycles. The minimum Gasteiger partial charge on any atom is -0.497 e. The molecule has 30 heavy (non-hydrogen) atoms. The summed E-state index contributed by atoms with van der Waals surface area (Å²) in [7, 11) is -4.50. The molecule has 0 aliphatic carbocycles. The molecule has 0 unspecified atom stereocenters. The smallest absolute Gasteiger partial charge is 0.265 e. The molecule has 1 aliphatic rings. The fraction of sp³-hybridized carbons (Fsp3) is 0.400. The molecule has 3 rings (SSSR count). The van der Waals surface area contributed by atoms with Gasteiger partial charge in [0.2, 0.25) is 10.0 Å². The van der Waals surface area contributed by atoms with E-state index >= 15 is 0 Å². The lowest BCUT2D eigenvalue weighted by atomic mass is 10.0. The van der Waals surface area contributed by atoms with Crippen LogP contribution < -0.4 is 18.5 Å². The Morgan fingerprint density at radius 2 is 1.80 bits per heavy atom. The first-order chi connectivity index (χ1) is 14.2. The molecule has 0 radical (unpaired) electrons. The Hall–Kier alpha value is -2.46. The summed E-state index contributed by atoms with van der Waals surface area (Å²) in [6, 6.07) is 9.44. The number of methoxy groups -OCH3 is 2. The lowest BCUT2D eigenvalue weighted by molar-refractivity contribution is 0.392. The van der Waals surface area contributed by atoms with Crippen LogP contribution in [0.1, 0.15) is 25.3 Å². The average molecular weight is 455 g/mol. The van der Waals surface area contributed by atoms with Crippen molar-refractivity contribution >= 4 is 31.4 Å². The molecule has 1 heterocycles. The highest BCUT2D eigenvalue weighted by atomic mass is 32.2. The summed E-state index contributed by atoms with van der Waals surface area (Å²) in [6.45, 7) is 2.26. The van der Waals surface area contributed by atoms with E-state index in [2.05, 4.69) is 4.72 Å². The number of ether oxygens (including phenoxy) is 2. The molecule has 0 fully saturated rings. The number of nitrogens with one attached hydrogen (secondary N) is 1. The normalized spacial score (nSPS) is 14.2. The van der Waals surface area contributed by atoms with Gasteiger partial charge in [0, 0.05) is 18.3 Å². The summed E-state index contributed by atoms with van der Waals surface area (Å²) in [5, 5.41) is 0. The summed E-state index contributed by atoms with van der Waals surface area (Å²) in [6.07, 6.45) is 1.88. The van der Waals surface area contributed by atoms with Gasteiger partial charge in [0.15, 0.2) is 0 Å². The number of anilines is 2. The second kappa shape index (κ2) is 8.73. The van der Waals surface area contributed by atoms with Crippen molar-refractivity contribution in [3.63, 3.8) is 0 Å². The van der Waals surface area contributed by atoms with Crippen molar-refractivity contribution in [3.05, 3.63) is 42.0 Å². The third-order valence-electron chi connectivity index (χ3n) is 4.87. The lowest BCUT2D eigenvalue weighted by Gasteiger charge is -2.30. The van der Waals surface area contributed by atoms with E-state index in [4.69, 9.17) is 9.47 Å². The van der Waals surface area contributed by atoms with E-state index in [1.807, 2.05) is 6.92 Å². The highest BCUT2D eigenvalue weighted by Gasteiger charge is 2.27. The summed E-state index contributed by atoms with van der Waals surface area (Å²) in [5.41, 5.74) is 1.75. The highest BCUT2D eigenvalue weighted by molar-refractivity contribution is 7.93. The Labute approximate surface area is 177 Å². The van der Waals surface area contributed by atoms with Crippen LogP contribution in [0, 0.1) is 0 Å². The fourth-order valence-corrected chi connectivity index (χ4v) is 6.34. The monoisotopic (exact) mass is 454 g/mol. The van der Waals surface area contributed by atoms with Crippen molar-refractivity contribution in [1.29, 1.82) is 0 Å². The Bertz CT molecular complexity index is 1130. The first kappa shape index (κ1) is 22.2. The van der Waals surface area contributed by atoms with Crippen LogP contribution in [0.25, 0.3) is 0 Å².